The van der Waals surface area contributed by atoms with Gasteiger partial charge in [0.2, 0.25) is 16.9 Å². The normalized spacial score (nSPS) is 16.9. The summed E-state index contributed by atoms with van der Waals surface area (Å²) in [6.07, 6.45) is 2.70. The molecule has 0 radical (unpaired) electrons. The number of carbonyl (C=O) groups excluding carboxylic acids is 2. The summed E-state index contributed by atoms with van der Waals surface area (Å²) in [6.45, 7) is 2.56. The number of amides is 2. The molecule has 3 rings (SSSR count). The van der Waals surface area contributed by atoms with Crippen molar-refractivity contribution >= 4 is 28.3 Å². The molecular formula is C17H19FN4O2S. The van der Waals surface area contributed by atoms with Gasteiger partial charge in [-0.25, -0.2) is 4.39 Å². The van der Waals surface area contributed by atoms with Crippen molar-refractivity contribution in [3.63, 3.8) is 0 Å². The Morgan fingerprint density at radius 2 is 2.08 bits per heavy atom. The molecule has 1 aliphatic heterocycles. The van der Waals surface area contributed by atoms with Gasteiger partial charge in [0.05, 0.1) is 0 Å². The number of anilines is 1. The highest BCUT2D eigenvalue weighted by Crippen LogP contribution is 2.27. The maximum absolute atomic E-state index is 13.0. The summed E-state index contributed by atoms with van der Waals surface area (Å²) in [7, 11) is 0. The van der Waals surface area contributed by atoms with Crippen molar-refractivity contribution in [3.8, 4) is 10.6 Å². The second kappa shape index (κ2) is 7.69. The number of nitrogens with one attached hydrogen (secondary N) is 1. The van der Waals surface area contributed by atoms with Gasteiger partial charge in [-0.1, -0.05) is 18.3 Å². The number of hydrogen-bond donors (Lipinski definition) is 1. The lowest BCUT2D eigenvalue weighted by Gasteiger charge is -2.23. The SMILES string of the molecule is CCCC(=O)N1CCCC1C(=O)Nc1nnc(-c2ccc(F)cc2)s1. The maximum Gasteiger partial charge on any atom is 0.249 e. The van der Waals surface area contributed by atoms with Crippen LogP contribution in [0.2, 0.25) is 0 Å². The first kappa shape index (κ1) is 17.5. The molecule has 1 atom stereocenters. The summed E-state index contributed by atoms with van der Waals surface area (Å²) in [5.74, 6) is -0.534. The second-order valence-electron chi connectivity index (χ2n) is 5.90. The number of carbonyl (C=O) groups is 2. The van der Waals surface area contributed by atoms with Crippen LogP contribution in [0.4, 0.5) is 9.52 Å². The minimum absolute atomic E-state index is 0.0180. The van der Waals surface area contributed by atoms with Crippen LogP contribution in [-0.2, 0) is 9.59 Å². The van der Waals surface area contributed by atoms with Gasteiger partial charge < -0.3 is 4.90 Å². The van der Waals surface area contributed by atoms with Gasteiger partial charge in [0.1, 0.15) is 16.9 Å². The third kappa shape index (κ3) is 4.01. The molecule has 2 amide bonds. The Morgan fingerprint density at radius 1 is 1.32 bits per heavy atom. The number of likely N-dealkylation sites (tertiary alicyclic amines) is 1. The first-order valence-corrected chi connectivity index (χ1v) is 9.10. The molecule has 1 aromatic heterocycles. The third-order valence-corrected chi connectivity index (χ3v) is 4.97. The Balaban J connectivity index is 1.67. The Labute approximate surface area is 149 Å². The molecule has 1 N–H and O–H groups in total. The van der Waals surface area contributed by atoms with Crippen molar-refractivity contribution in [1.82, 2.24) is 15.1 Å². The van der Waals surface area contributed by atoms with E-state index in [9.17, 15) is 14.0 Å². The monoisotopic (exact) mass is 362 g/mol. The molecule has 1 aliphatic rings. The molecule has 0 bridgehead atoms. The van der Waals surface area contributed by atoms with Crippen LogP contribution in [0.5, 0.6) is 0 Å². The zero-order valence-electron chi connectivity index (χ0n) is 13.9. The van der Waals surface area contributed by atoms with E-state index in [0.717, 1.165) is 18.4 Å². The standard InChI is InChI=1S/C17H19FN4O2S/c1-2-4-14(23)22-10-3-5-13(22)15(24)19-17-21-20-16(25-17)11-6-8-12(18)9-7-11/h6-9,13H,2-5,10H2,1H3,(H,19,21,24). The summed E-state index contributed by atoms with van der Waals surface area (Å²) in [5.41, 5.74) is 0.736. The first-order valence-electron chi connectivity index (χ1n) is 8.28. The molecule has 0 saturated carbocycles. The van der Waals surface area contributed by atoms with Gasteiger partial charge in [-0.2, -0.15) is 0 Å². The highest BCUT2D eigenvalue weighted by molar-refractivity contribution is 7.18. The molecule has 2 aromatic rings. The molecule has 0 spiro atoms. The summed E-state index contributed by atoms with van der Waals surface area (Å²) in [6, 6.07) is 5.49. The van der Waals surface area contributed by atoms with Crippen molar-refractivity contribution in [2.45, 2.75) is 38.6 Å². The third-order valence-electron chi connectivity index (χ3n) is 4.09. The van der Waals surface area contributed by atoms with E-state index in [4.69, 9.17) is 0 Å². The second-order valence-corrected chi connectivity index (χ2v) is 6.88. The average Bonchev–Trinajstić information content (AvgIpc) is 3.25. The first-order chi connectivity index (χ1) is 12.1. The van der Waals surface area contributed by atoms with Gasteiger partial charge in [-0.3, -0.25) is 14.9 Å². The fourth-order valence-corrected chi connectivity index (χ4v) is 3.62. The summed E-state index contributed by atoms with van der Waals surface area (Å²) >= 11 is 1.22. The van der Waals surface area contributed by atoms with Crippen LogP contribution in [0.15, 0.2) is 24.3 Å². The largest absolute Gasteiger partial charge is 0.331 e. The van der Waals surface area contributed by atoms with E-state index in [2.05, 4.69) is 15.5 Å². The fourth-order valence-electron chi connectivity index (χ4n) is 2.87. The van der Waals surface area contributed by atoms with E-state index in [-0.39, 0.29) is 17.6 Å². The van der Waals surface area contributed by atoms with Gasteiger partial charge in [0.25, 0.3) is 0 Å². The van der Waals surface area contributed by atoms with Crippen LogP contribution >= 0.6 is 11.3 Å². The number of aromatic nitrogens is 2. The number of hydrogen-bond acceptors (Lipinski definition) is 5. The summed E-state index contributed by atoms with van der Waals surface area (Å²) < 4.78 is 13.0. The topological polar surface area (TPSA) is 75.2 Å². The Bertz CT molecular complexity index is 762. The van der Waals surface area contributed by atoms with Crippen LogP contribution in [0.3, 0.4) is 0 Å². The predicted molar refractivity (Wildman–Crippen MR) is 93.6 cm³/mol. The van der Waals surface area contributed by atoms with E-state index in [1.54, 1.807) is 17.0 Å². The molecule has 1 unspecified atom stereocenters. The highest BCUT2D eigenvalue weighted by atomic mass is 32.1. The van der Waals surface area contributed by atoms with E-state index in [0.29, 0.717) is 29.5 Å². The lowest BCUT2D eigenvalue weighted by molar-refractivity contribution is -0.136. The number of nitrogens with zero attached hydrogens (tertiary/aromatic N) is 3. The van der Waals surface area contributed by atoms with Gasteiger partial charge in [-0.05, 0) is 43.5 Å². The molecule has 1 saturated heterocycles. The molecular weight excluding hydrogens is 343 g/mol. The molecule has 6 nitrogen and oxygen atoms in total. The molecule has 1 aromatic carbocycles. The van der Waals surface area contributed by atoms with Crippen molar-refractivity contribution in [2.24, 2.45) is 0 Å². The van der Waals surface area contributed by atoms with E-state index < -0.39 is 6.04 Å². The average molecular weight is 362 g/mol. The number of benzene rings is 1. The number of halogens is 1. The van der Waals surface area contributed by atoms with E-state index in [1.165, 1.54) is 23.5 Å². The molecule has 2 heterocycles. The fraction of sp³-hybridized carbons (Fsp3) is 0.412. The molecule has 0 aliphatic carbocycles. The van der Waals surface area contributed by atoms with Crippen molar-refractivity contribution in [2.75, 3.05) is 11.9 Å². The molecule has 25 heavy (non-hydrogen) atoms. The quantitative estimate of drug-likeness (QED) is 0.887. The van der Waals surface area contributed by atoms with Crippen molar-refractivity contribution < 1.29 is 14.0 Å². The smallest absolute Gasteiger partial charge is 0.249 e. The van der Waals surface area contributed by atoms with Crippen molar-refractivity contribution in [3.05, 3.63) is 30.1 Å². The Kier molecular flexibility index (Phi) is 5.37. The molecule has 132 valence electrons. The van der Waals surface area contributed by atoms with Gasteiger partial charge in [0, 0.05) is 18.5 Å². The molecule has 8 heteroatoms. The van der Waals surface area contributed by atoms with E-state index >= 15 is 0 Å². The zero-order chi connectivity index (χ0) is 17.8. The maximum atomic E-state index is 13.0. The lowest BCUT2D eigenvalue weighted by Crippen LogP contribution is -2.43. The zero-order valence-corrected chi connectivity index (χ0v) is 14.7. The predicted octanol–water partition coefficient (Wildman–Crippen LogP) is 3.07. The van der Waals surface area contributed by atoms with Crippen molar-refractivity contribution in [1.29, 1.82) is 0 Å². The van der Waals surface area contributed by atoms with Crippen LogP contribution in [0.1, 0.15) is 32.6 Å². The molecule has 1 fully saturated rings. The van der Waals surface area contributed by atoms with Gasteiger partial charge >= 0.3 is 0 Å². The Morgan fingerprint density at radius 3 is 2.80 bits per heavy atom. The summed E-state index contributed by atoms with van der Waals surface area (Å²) in [4.78, 5) is 26.3. The summed E-state index contributed by atoms with van der Waals surface area (Å²) in [5, 5.41) is 11.7. The van der Waals surface area contributed by atoms with E-state index in [1.807, 2.05) is 6.92 Å². The highest BCUT2D eigenvalue weighted by Gasteiger charge is 2.33. The Hall–Kier alpha value is -2.35. The van der Waals surface area contributed by atoms with Crippen LogP contribution < -0.4 is 5.32 Å². The lowest BCUT2D eigenvalue weighted by atomic mass is 10.2. The van der Waals surface area contributed by atoms with Gasteiger partial charge in [-0.15, -0.1) is 10.2 Å². The number of rotatable bonds is 5. The van der Waals surface area contributed by atoms with Crippen LogP contribution in [0, 0.1) is 5.82 Å². The van der Waals surface area contributed by atoms with Crippen LogP contribution in [-0.4, -0.2) is 39.5 Å². The van der Waals surface area contributed by atoms with Crippen LogP contribution in [0.25, 0.3) is 10.6 Å². The minimum atomic E-state index is -0.447. The van der Waals surface area contributed by atoms with Gasteiger partial charge in [0.15, 0.2) is 0 Å². The minimum Gasteiger partial charge on any atom is -0.331 e.